The highest BCUT2D eigenvalue weighted by Crippen LogP contribution is 2.24. The van der Waals surface area contributed by atoms with Gasteiger partial charge < -0.3 is 20.3 Å². The summed E-state index contributed by atoms with van der Waals surface area (Å²) in [4.78, 5) is 11.5. The first kappa shape index (κ1) is 22.5. The average Bonchev–Trinajstić information content (AvgIpc) is 2.69. The zero-order chi connectivity index (χ0) is 21.3. The number of hydrogen-bond donors (Lipinski definition) is 4. The quantitative estimate of drug-likeness (QED) is 0.376. The van der Waals surface area contributed by atoms with Gasteiger partial charge in [0.25, 0.3) is 0 Å². The third-order valence-corrected chi connectivity index (χ3v) is 4.49. The topological polar surface area (TPSA) is 90.8 Å². The Morgan fingerprint density at radius 2 is 1.62 bits per heavy atom. The van der Waals surface area contributed by atoms with Crippen LogP contribution in [-0.4, -0.2) is 35.7 Å². The minimum atomic E-state index is -0.686. The molecule has 0 heterocycles. The van der Waals surface area contributed by atoms with Gasteiger partial charge in [0.1, 0.15) is 12.8 Å². The molecule has 0 aromatic heterocycles. The summed E-state index contributed by atoms with van der Waals surface area (Å²) in [5, 5.41) is 24.8. The van der Waals surface area contributed by atoms with Gasteiger partial charge in [0.2, 0.25) is 0 Å². The molecule has 2 rings (SSSR count). The number of aliphatic hydroxyl groups excluding tert-OH is 2. The number of ether oxygens (including phenoxy) is 1. The number of amides is 1. The molecule has 2 aromatic rings. The molecule has 1 amide bonds. The standard InChI is InChI=1S/C23H30N2O4/c1-4-13-23(2,3)21(27)24-19-9-5-17(6-10-19)16-18-7-11-20(12-8-18)25-22(28)29-15-14-26/h4-13,21,24,26-27H,14-16H2,1-3H3,(H,25,28). The van der Waals surface area contributed by atoms with E-state index in [1.807, 2.05) is 81.5 Å². The first-order chi connectivity index (χ1) is 13.8. The van der Waals surface area contributed by atoms with Crippen LogP contribution in [0.2, 0.25) is 0 Å². The van der Waals surface area contributed by atoms with Gasteiger partial charge in [0.05, 0.1) is 6.61 Å². The second-order valence-corrected chi connectivity index (χ2v) is 7.42. The summed E-state index contributed by atoms with van der Waals surface area (Å²) in [5.74, 6) is 0. The fourth-order valence-electron chi connectivity index (χ4n) is 2.82. The highest BCUT2D eigenvalue weighted by atomic mass is 16.6. The molecule has 0 saturated heterocycles. The molecule has 0 aliphatic rings. The monoisotopic (exact) mass is 398 g/mol. The molecule has 0 aliphatic carbocycles. The van der Waals surface area contributed by atoms with Gasteiger partial charge in [-0.15, -0.1) is 0 Å². The van der Waals surface area contributed by atoms with Gasteiger partial charge in [0, 0.05) is 16.8 Å². The molecule has 0 radical (unpaired) electrons. The normalized spacial score (nSPS) is 12.6. The van der Waals surface area contributed by atoms with Crippen LogP contribution in [0.5, 0.6) is 0 Å². The van der Waals surface area contributed by atoms with Crippen LogP contribution >= 0.6 is 0 Å². The van der Waals surface area contributed by atoms with Gasteiger partial charge in [0.15, 0.2) is 0 Å². The molecular weight excluding hydrogens is 368 g/mol. The van der Waals surface area contributed by atoms with Crippen molar-refractivity contribution in [3.63, 3.8) is 0 Å². The van der Waals surface area contributed by atoms with Crippen molar-refractivity contribution in [3.05, 3.63) is 71.8 Å². The molecule has 156 valence electrons. The van der Waals surface area contributed by atoms with E-state index in [9.17, 15) is 9.90 Å². The van der Waals surface area contributed by atoms with Crippen LogP contribution in [0.3, 0.4) is 0 Å². The van der Waals surface area contributed by atoms with Crippen LogP contribution in [-0.2, 0) is 11.2 Å². The summed E-state index contributed by atoms with van der Waals surface area (Å²) in [6, 6.07) is 15.5. The van der Waals surface area contributed by atoms with E-state index in [1.54, 1.807) is 0 Å². The third-order valence-electron chi connectivity index (χ3n) is 4.49. The van der Waals surface area contributed by atoms with Gasteiger partial charge >= 0.3 is 6.09 Å². The highest BCUT2D eigenvalue weighted by Gasteiger charge is 2.24. The molecule has 4 N–H and O–H groups in total. The van der Waals surface area contributed by atoms with Crippen molar-refractivity contribution >= 4 is 17.5 Å². The zero-order valence-electron chi connectivity index (χ0n) is 17.2. The molecule has 0 saturated carbocycles. The Kier molecular flexibility index (Phi) is 8.24. The van der Waals surface area contributed by atoms with Gasteiger partial charge in [-0.2, -0.15) is 0 Å². The van der Waals surface area contributed by atoms with E-state index in [2.05, 4.69) is 10.6 Å². The van der Waals surface area contributed by atoms with E-state index >= 15 is 0 Å². The van der Waals surface area contributed by atoms with Crippen molar-refractivity contribution in [2.45, 2.75) is 33.4 Å². The predicted molar refractivity (Wildman–Crippen MR) is 116 cm³/mol. The minimum absolute atomic E-state index is 0.0292. The number of hydrogen-bond acceptors (Lipinski definition) is 5. The molecule has 6 heteroatoms. The molecule has 1 atom stereocenters. The van der Waals surface area contributed by atoms with Gasteiger partial charge in [-0.1, -0.05) is 50.3 Å². The van der Waals surface area contributed by atoms with E-state index in [1.165, 1.54) is 0 Å². The lowest BCUT2D eigenvalue weighted by molar-refractivity contribution is 0.108. The third kappa shape index (κ3) is 7.25. The Hall–Kier alpha value is -2.83. The van der Waals surface area contributed by atoms with Crippen LogP contribution in [0.4, 0.5) is 16.2 Å². The van der Waals surface area contributed by atoms with Crippen molar-refractivity contribution in [2.75, 3.05) is 23.8 Å². The first-order valence-corrected chi connectivity index (χ1v) is 9.65. The van der Waals surface area contributed by atoms with Crippen LogP contribution in [0.1, 0.15) is 31.9 Å². The average molecular weight is 399 g/mol. The van der Waals surface area contributed by atoms with Gasteiger partial charge in [-0.05, 0) is 48.7 Å². The van der Waals surface area contributed by atoms with Crippen molar-refractivity contribution < 1.29 is 19.7 Å². The predicted octanol–water partition coefficient (Wildman–Crippen LogP) is 4.15. The van der Waals surface area contributed by atoms with Crippen LogP contribution in [0, 0.1) is 5.41 Å². The molecule has 0 bridgehead atoms. The molecule has 6 nitrogen and oxygen atoms in total. The highest BCUT2D eigenvalue weighted by molar-refractivity contribution is 5.84. The molecule has 0 aliphatic heterocycles. The number of carbonyl (C=O) groups is 1. The summed E-state index contributed by atoms with van der Waals surface area (Å²) < 4.78 is 4.77. The lowest BCUT2D eigenvalue weighted by atomic mass is 9.90. The van der Waals surface area contributed by atoms with Crippen molar-refractivity contribution in [1.82, 2.24) is 0 Å². The lowest BCUT2D eigenvalue weighted by Gasteiger charge is -2.28. The Labute approximate surface area is 172 Å². The smallest absolute Gasteiger partial charge is 0.411 e. The van der Waals surface area contributed by atoms with E-state index in [4.69, 9.17) is 9.84 Å². The maximum Gasteiger partial charge on any atom is 0.411 e. The Morgan fingerprint density at radius 3 is 2.14 bits per heavy atom. The number of anilines is 2. The number of allylic oxidation sites excluding steroid dienone is 1. The Bertz CT molecular complexity index is 799. The van der Waals surface area contributed by atoms with Gasteiger partial charge in [-0.25, -0.2) is 4.79 Å². The summed E-state index contributed by atoms with van der Waals surface area (Å²) >= 11 is 0. The van der Waals surface area contributed by atoms with Crippen LogP contribution < -0.4 is 10.6 Å². The fraction of sp³-hybridized carbons (Fsp3) is 0.348. The molecule has 2 aromatic carbocycles. The Balaban J connectivity index is 1.91. The van der Waals surface area contributed by atoms with Gasteiger partial charge in [-0.3, -0.25) is 5.32 Å². The number of aliphatic hydroxyl groups is 2. The van der Waals surface area contributed by atoms with Crippen LogP contribution in [0.25, 0.3) is 0 Å². The fourth-order valence-corrected chi connectivity index (χ4v) is 2.82. The molecular formula is C23H30N2O4. The van der Waals surface area contributed by atoms with Crippen molar-refractivity contribution in [1.29, 1.82) is 0 Å². The maximum absolute atomic E-state index is 11.5. The molecule has 0 spiro atoms. The molecule has 0 fully saturated rings. The zero-order valence-corrected chi connectivity index (χ0v) is 17.2. The largest absolute Gasteiger partial charge is 0.447 e. The summed E-state index contributed by atoms with van der Waals surface area (Å²) in [6.07, 6.45) is 3.39. The van der Waals surface area contributed by atoms with Crippen LogP contribution in [0.15, 0.2) is 60.7 Å². The lowest BCUT2D eigenvalue weighted by Crippen LogP contribution is -2.34. The summed E-state index contributed by atoms with van der Waals surface area (Å²) in [7, 11) is 0. The number of benzene rings is 2. The maximum atomic E-state index is 11.5. The second-order valence-electron chi connectivity index (χ2n) is 7.42. The number of carbonyl (C=O) groups excluding carboxylic acids is 1. The van der Waals surface area contributed by atoms with Crippen molar-refractivity contribution in [3.8, 4) is 0 Å². The Morgan fingerprint density at radius 1 is 1.07 bits per heavy atom. The SMILES string of the molecule is CC=CC(C)(C)C(O)Nc1ccc(Cc2ccc(NC(=O)OCCO)cc2)cc1. The summed E-state index contributed by atoms with van der Waals surface area (Å²) in [5.41, 5.74) is 3.37. The van der Waals surface area contributed by atoms with E-state index in [0.29, 0.717) is 5.69 Å². The number of nitrogens with one attached hydrogen (secondary N) is 2. The first-order valence-electron chi connectivity index (χ1n) is 9.65. The summed E-state index contributed by atoms with van der Waals surface area (Å²) in [6.45, 7) is 5.66. The molecule has 1 unspecified atom stereocenters. The van der Waals surface area contributed by atoms with Crippen molar-refractivity contribution in [2.24, 2.45) is 5.41 Å². The van der Waals surface area contributed by atoms with E-state index in [-0.39, 0.29) is 18.6 Å². The van der Waals surface area contributed by atoms with E-state index < -0.39 is 12.3 Å². The minimum Gasteiger partial charge on any atom is -0.447 e. The number of rotatable bonds is 9. The second kappa shape index (κ2) is 10.6. The molecule has 29 heavy (non-hydrogen) atoms. The van der Waals surface area contributed by atoms with E-state index in [0.717, 1.165) is 23.2 Å².